The monoisotopic (exact) mass is 253 g/mol. The van der Waals surface area contributed by atoms with Crippen molar-refractivity contribution in [3.05, 3.63) is 23.7 Å². The summed E-state index contributed by atoms with van der Waals surface area (Å²) in [6, 6.07) is 2.37. The Hall–Kier alpha value is -1.82. The van der Waals surface area contributed by atoms with Crippen LogP contribution < -0.4 is 0 Å². The van der Waals surface area contributed by atoms with Crippen molar-refractivity contribution in [1.29, 1.82) is 0 Å². The predicted molar refractivity (Wildman–Crippen MR) is 61.3 cm³/mol. The van der Waals surface area contributed by atoms with Crippen molar-refractivity contribution in [1.82, 2.24) is 4.90 Å². The molecule has 1 N–H and O–H groups in total. The standard InChI is InChI=1S/C12H15NO5/c1-7-3-4-10(18-7)11(14)13-6-8(17-2)5-9(13)12(15)16/h3-4,8-9H,5-6H2,1-2H3,(H,15,16). The molecule has 2 atom stereocenters. The van der Waals surface area contributed by atoms with Gasteiger partial charge in [0.15, 0.2) is 5.76 Å². The maximum atomic E-state index is 12.1. The zero-order chi connectivity index (χ0) is 13.3. The van der Waals surface area contributed by atoms with Gasteiger partial charge in [-0.3, -0.25) is 4.79 Å². The third-order valence-corrected chi connectivity index (χ3v) is 3.09. The fourth-order valence-corrected chi connectivity index (χ4v) is 2.12. The minimum Gasteiger partial charge on any atom is -0.480 e. The molecule has 0 radical (unpaired) electrons. The molecule has 6 nitrogen and oxygen atoms in total. The summed E-state index contributed by atoms with van der Waals surface area (Å²) in [5, 5.41) is 9.12. The zero-order valence-electron chi connectivity index (χ0n) is 10.3. The lowest BCUT2D eigenvalue weighted by Crippen LogP contribution is -2.40. The first-order valence-electron chi connectivity index (χ1n) is 5.66. The van der Waals surface area contributed by atoms with E-state index < -0.39 is 17.9 Å². The van der Waals surface area contributed by atoms with Gasteiger partial charge in [0.05, 0.1) is 6.10 Å². The number of carboxylic acids is 1. The molecule has 0 aromatic carbocycles. The van der Waals surface area contributed by atoms with E-state index in [-0.39, 0.29) is 18.4 Å². The number of likely N-dealkylation sites (tertiary alicyclic amines) is 1. The Morgan fingerprint density at radius 3 is 2.72 bits per heavy atom. The normalized spacial score (nSPS) is 23.3. The average molecular weight is 253 g/mol. The number of aliphatic carboxylic acids is 1. The Balaban J connectivity index is 2.20. The summed E-state index contributed by atoms with van der Waals surface area (Å²) in [5.41, 5.74) is 0. The number of aryl methyl sites for hydroxylation is 1. The molecule has 2 unspecified atom stereocenters. The highest BCUT2D eigenvalue weighted by Gasteiger charge is 2.40. The molecule has 1 saturated heterocycles. The van der Waals surface area contributed by atoms with Gasteiger partial charge in [0.1, 0.15) is 11.8 Å². The summed E-state index contributed by atoms with van der Waals surface area (Å²) in [5.74, 6) is -0.649. The Morgan fingerprint density at radius 1 is 1.50 bits per heavy atom. The average Bonchev–Trinajstić information content (AvgIpc) is 2.93. The van der Waals surface area contributed by atoms with E-state index in [2.05, 4.69) is 0 Å². The van der Waals surface area contributed by atoms with Crippen LogP contribution in [0.1, 0.15) is 22.7 Å². The van der Waals surface area contributed by atoms with Gasteiger partial charge in [-0.15, -0.1) is 0 Å². The Morgan fingerprint density at radius 2 is 2.22 bits per heavy atom. The summed E-state index contributed by atoms with van der Waals surface area (Å²) >= 11 is 0. The molecule has 0 aliphatic carbocycles. The van der Waals surface area contributed by atoms with Gasteiger partial charge in [0, 0.05) is 20.1 Å². The molecule has 98 valence electrons. The third kappa shape index (κ3) is 2.24. The Kier molecular flexibility index (Phi) is 3.38. The number of amides is 1. The summed E-state index contributed by atoms with van der Waals surface area (Å²) < 4.78 is 10.4. The molecule has 1 amide bonds. The first-order valence-corrected chi connectivity index (χ1v) is 5.66. The van der Waals surface area contributed by atoms with Crippen LogP contribution in [0.5, 0.6) is 0 Å². The Labute approximate surface area is 104 Å². The van der Waals surface area contributed by atoms with Crippen LogP contribution in [0.2, 0.25) is 0 Å². The largest absolute Gasteiger partial charge is 0.480 e. The van der Waals surface area contributed by atoms with E-state index in [1.807, 2.05) is 0 Å². The van der Waals surface area contributed by atoms with Gasteiger partial charge in [-0.05, 0) is 19.1 Å². The smallest absolute Gasteiger partial charge is 0.326 e. The molecule has 0 bridgehead atoms. The topological polar surface area (TPSA) is 80.0 Å². The molecular weight excluding hydrogens is 238 g/mol. The minimum absolute atomic E-state index is 0.163. The second kappa shape index (κ2) is 4.81. The SMILES string of the molecule is COC1CC(C(=O)O)N(C(=O)c2ccc(C)o2)C1. The van der Waals surface area contributed by atoms with Crippen molar-refractivity contribution in [2.24, 2.45) is 0 Å². The van der Waals surface area contributed by atoms with Gasteiger partial charge in [-0.25, -0.2) is 4.79 Å². The molecule has 0 spiro atoms. The maximum Gasteiger partial charge on any atom is 0.326 e. The molecule has 1 aromatic rings. The quantitative estimate of drug-likeness (QED) is 0.865. The van der Waals surface area contributed by atoms with E-state index in [1.165, 1.54) is 12.0 Å². The molecule has 1 aromatic heterocycles. The van der Waals surface area contributed by atoms with Gasteiger partial charge in [0.2, 0.25) is 0 Å². The summed E-state index contributed by atoms with van der Waals surface area (Å²) in [6.45, 7) is 2.00. The molecule has 2 heterocycles. The lowest BCUT2D eigenvalue weighted by atomic mass is 10.2. The lowest BCUT2D eigenvalue weighted by molar-refractivity contribution is -0.141. The molecule has 18 heavy (non-hydrogen) atoms. The number of ether oxygens (including phenoxy) is 1. The second-order valence-corrected chi connectivity index (χ2v) is 4.32. The number of hydrogen-bond acceptors (Lipinski definition) is 4. The summed E-state index contributed by atoms with van der Waals surface area (Å²) in [7, 11) is 1.51. The highest BCUT2D eigenvalue weighted by Crippen LogP contribution is 2.23. The van der Waals surface area contributed by atoms with Crippen LogP contribution in [0.4, 0.5) is 0 Å². The van der Waals surface area contributed by atoms with Crippen molar-refractivity contribution < 1.29 is 23.8 Å². The molecule has 1 aliphatic rings. The molecule has 0 saturated carbocycles. The van der Waals surface area contributed by atoms with E-state index in [9.17, 15) is 9.59 Å². The number of carbonyl (C=O) groups excluding carboxylic acids is 1. The molecule has 2 rings (SSSR count). The third-order valence-electron chi connectivity index (χ3n) is 3.09. The van der Waals surface area contributed by atoms with Crippen molar-refractivity contribution >= 4 is 11.9 Å². The highest BCUT2D eigenvalue weighted by atomic mass is 16.5. The number of carboxylic acid groups (broad SMARTS) is 1. The number of furan rings is 1. The van der Waals surface area contributed by atoms with Gasteiger partial charge in [0.25, 0.3) is 5.91 Å². The first kappa shape index (κ1) is 12.6. The van der Waals surface area contributed by atoms with E-state index in [0.29, 0.717) is 12.2 Å². The van der Waals surface area contributed by atoms with Crippen LogP contribution in [0, 0.1) is 6.92 Å². The van der Waals surface area contributed by atoms with E-state index in [1.54, 1.807) is 19.1 Å². The van der Waals surface area contributed by atoms with Gasteiger partial charge in [-0.2, -0.15) is 0 Å². The van der Waals surface area contributed by atoms with Crippen molar-refractivity contribution in [3.8, 4) is 0 Å². The number of carbonyl (C=O) groups is 2. The number of nitrogens with zero attached hydrogens (tertiary/aromatic N) is 1. The highest BCUT2D eigenvalue weighted by molar-refractivity contribution is 5.94. The van der Waals surface area contributed by atoms with Crippen molar-refractivity contribution in [3.63, 3.8) is 0 Å². The first-order chi connectivity index (χ1) is 8.52. The second-order valence-electron chi connectivity index (χ2n) is 4.32. The maximum absolute atomic E-state index is 12.1. The lowest BCUT2D eigenvalue weighted by Gasteiger charge is -2.19. The number of hydrogen-bond donors (Lipinski definition) is 1. The van der Waals surface area contributed by atoms with Crippen LogP contribution >= 0.6 is 0 Å². The van der Waals surface area contributed by atoms with Gasteiger partial charge >= 0.3 is 5.97 Å². The van der Waals surface area contributed by atoms with Crippen LogP contribution in [0.3, 0.4) is 0 Å². The van der Waals surface area contributed by atoms with E-state index in [0.717, 1.165) is 0 Å². The minimum atomic E-state index is -1.02. The van der Waals surface area contributed by atoms with Crippen LogP contribution in [0.25, 0.3) is 0 Å². The van der Waals surface area contributed by atoms with E-state index in [4.69, 9.17) is 14.3 Å². The predicted octanol–water partition coefficient (Wildman–Crippen LogP) is 0.902. The van der Waals surface area contributed by atoms with Gasteiger partial charge < -0.3 is 19.2 Å². The van der Waals surface area contributed by atoms with Crippen LogP contribution in [-0.2, 0) is 9.53 Å². The molecule has 6 heteroatoms. The van der Waals surface area contributed by atoms with Crippen molar-refractivity contribution in [2.45, 2.75) is 25.5 Å². The number of rotatable bonds is 3. The zero-order valence-corrected chi connectivity index (χ0v) is 10.3. The van der Waals surface area contributed by atoms with Crippen molar-refractivity contribution in [2.75, 3.05) is 13.7 Å². The summed E-state index contributed by atoms with van der Waals surface area (Å²) in [6.07, 6.45) is 0.0585. The fraction of sp³-hybridized carbons (Fsp3) is 0.500. The molecule has 1 aliphatic heterocycles. The number of methoxy groups -OCH3 is 1. The molecular formula is C12H15NO5. The summed E-state index contributed by atoms with van der Waals surface area (Å²) in [4.78, 5) is 24.6. The fourth-order valence-electron chi connectivity index (χ4n) is 2.12. The van der Waals surface area contributed by atoms with E-state index >= 15 is 0 Å². The van der Waals surface area contributed by atoms with Crippen LogP contribution in [0.15, 0.2) is 16.5 Å². The van der Waals surface area contributed by atoms with Gasteiger partial charge in [-0.1, -0.05) is 0 Å². The van der Waals surface area contributed by atoms with Crippen LogP contribution in [-0.4, -0.2) is 47.7 Å². The molecule has 1 fully saturated rings. The Bertz CT molecular complexity index is 467.